The van der Waals surface area contributed by atoms with Crippen LogP contribution in [0, 0.1) is 0 Å². The molecule has 2 unspecified atom stereocenters. The highest BCUT2D eigenvalue weighted by atomic mass is 35.5. The second kappa shape index (κ2) is 7.12. The topological polar surface area (TPSA) is 81.4 Å². The molecule has 0 aliphatic heterocycles. The van der Waals surface area contributed by atoms with Crippen molar-refractivity contribution in [3.8, 4) is 0 Å². The van der Waals surface area contributed by atoms with E-state index in [1.54, 1.807) is 24.3 Å². The lowest BCUT2D eigenvalue weighted by Crippen LogP contribution is -2.46. The van der Waals surface area contributed by atoms with Crippen molar-refractivity contribution in [1.82, 2.24) is 5.43 Å². The molecular weight excluding hydrogens is 298 g/mol. The summed E-state index contributed by atoms with van der Waals surface area (Å²) in [5, 5.41) is -1.10. The molecule has 0 aliphatic rings. The molecule has 0 spiro atoms. The Morgan fingerprint density at radius 3 is 2.50 bits per heavy atom. The van der Waals surface area contributed by atoms with Crippen LogP contribution in [0.25, 0.3) is 0 Å². The second-order valence-electron chi connectivity index (χ2n) is 3.37. The largest absolute Gasteiger partial charge is 0.353 e. The molecular formula is C10H13Cl2N2O3P. The number of nitrogens with one attached hydrogen (secondary N) is 1. The van der Waals surface area contributed by atoms with E-state index in [1.165, 1.54) is 0 Å². The van der Waals surface area contributed by atoms with E-state index in [0.717, 1.165) is 0 Å². The quantitative estimate of drug-likeness (QED) is 0.274. The molecule has 0 fully saturated rings. The van der Waals surface area contributed by atoms with E-state index < -0.39 is 19.7 Å². The number of ether oxygens (including phenoxy) is 1. The smallest absolute Gasteiger partial charge is 0.277 e. The SMILES string of the molecule is NNC(=O)C(OCCCl)([PH2]=O)c1ccc(Cl)cc1. The van der Waals surface area contributed by atoms with Gasteiger partial charge < -0.3 is 9.30 Å². The van der Waals surface area contributed by atoms with Crippen LogP contribution in [0.4, 0.5) is 0 Å². The summed E-state index contributed by atoms with van der Waals surface area (Å²) < 4.78 is 16.9. The first kappa shape index (κ1) is 15.5. The highest BCUT2D eigenvalue weighted by Gasteiger charge is 2.40. The summed E-state index contributed by atoms with van der Waals surface area (Å²) in [6.07, 6.45) is 0. The van der Waals surface area contributed by atoms with Gasteiger partial charge in [-0.2, -0.15) is 0 Å². The molecule has 0 aromatic heterocycles. The number of hydrazine groups is 1. The van der Waals surface area contributed by atoms with Gasteiger partial charge in [0.25, 0.3) is 5.91 Å². The number of alkyl halides is 1. The van der Waals surface area contributed by atoms with E-state index in [4.69, 9.17) is 33.8 Å². The summed E-state index contributed by atoms with van der Waals surface area (Å²) >= 11 is 11.3. The molecule has 2 atom stereocenters. The van der Waals surface area contributed by atoms with Crippen LogP contribution >= 0.6 is 31.7 Å². The molecule has 0 heterocycles. The Kier molecular flexibility index (Phi) is 6.12. The van der Waals surface area contributed by atoms with Gasteiger partial charge in [-0.15, -0.1) is 11.6 Å². The van der Waals surface area contributed by atoms with E-state index in [1.807, 2.05) is 5.43 Å². The van der Waals surface area contributed by atoms with Crippen LogP contribution in [0.15, 0.2) is 24.3 Å². The fraction of sp³-hybridized carbons (Fsp3) is 0.300. The van der Waals surface area contributed by atoms with E-state index >= 15 is 0 Å². The van der Waals surface area contributed by atoms with Gasteiger partial charge in [-0.3, -0.25) is 10.2 Å². The second-order valence-corrected chi connectivity index (χ2v) is 5.23. The van der Waals surface area contributed by atoms with Gasteiger partial charge in [0.1, 0.15) is 8.46 Å². The van der Waals surface area contributed by atoms with Gasteiger partial charge in [0.05, 0.1) is 6.61 Å². The molecule has 8 heteroatoms. The molecule has 1 amide bonds. The number of halogens is 2. The molecule has 1 aromatic carbocycles. The highest BCUT2D eigenvalue weighted by molar-refractivity contribution is 7.27. The first-order valence-electron chi connectivity index (χ1n) is 5.04. The first-order valence-corrected chi connectivity index (χ1v) is 7.00. The Hall–Kier alpha value is -0.580. The maximum absolute atomic E-state index is 11.8. The predicted octanol–water partition coefficient (Wildman–Crippen LogP) is 1.49. The third-order valence-corrected chi connectivity index (χ3v) is 3.81. The Morgan fingerprint density at radius 2 is 2.06 bits per heavy atom. The lowest BCUT2D eigenvalue weighted by molar-refractivity contribution is -0.137. The molecule has 1 aromatic rings. The Balaban J connectivity index is 3.20. The average molecular weight is 311 g/mol. The van der Waals surface area contributed by atoms with Crippen LogP contribution < -0.4 is 11.3 Å². The van der Waals surface area contributed by atoms with Crippen molar-refractivity contribution in [1.29, 1.82) is 0 Å². The van der Waals surface area contributed by atoms with Crippen molar-refractivity contribution in [2.24, 2.45) is 5.84 Å². The number of carbonyl (C=O) groups is 1. The molecule has 18 heavy (non-hydrogen) atoms. The van der Waals surface area contributed by atoms with Crippen LogP contribution in [0.5, 0.6) is 0 Å². The van der Waals surface area contributed by atoms with Crippen molar-refractivity contribution in [2.75, 3.05) is 12.5 Å². The van der Waals surface area contributed by atoms with Crippen LogP contribution in [-0.4, -0.2) is 18.4 Å². The number of hydrogen-bond donors (Lipinski definition) is 2. The lowest BCUT2D eigenvalue weighted by atomic mass is 10.1. The summed E-state index contributed by atoms with van der Waals surface area (Å²) in [4.78, 5) is 11.8. The number of amides is 1. The zero-order valence-electron chi connectivity index (χ0n) is 9.36. The Bertz CT molecular complexity index is 430. The molecule has 100 valence electrons. The van der Waals surface area contributed by atoms with Crippen LogP contribution in [0.2, 0.25) is 5.02 Å². The van der Waals surface area contributed by atoms with Gasteiger partial charge in [-0.25, -0.2) is 5.84 Å². The molecule has 0 radical (unpaired) electrons. The standard InChI is InChI=1S/C10H13Cl2N2O3P/c11-5-6-17-10(18-16,9(15)14-13)7-1-3-8(12)4-2-7/h1-4H,5-6,13,18H2,(H,14,15). The third kappa shape index (κ3) is 3.25. The maximum Gasteiger partial charge on any atom is 0.277 e. The van der Waals surface area contributed by atoms with Crippen LogP contribution in [-0.2, 0) is 19.4 Å². The van der Waals surface area contributed by atoms with Gasteiger partial charge >= 0.3 is 0 Å². The van der Waals surface area contributed by atoms with E-state index in [2.05, 4.69) is 0 Å². The number of nitrogens with two attached hydrogens (primary N) is 1. The summed E-state index contributed by atoms with van der Waals surface area (Å²) in [5.41, 5.74) is 2.38. The molecule has 3 N–H and O–H groups in total. The minimum Gasteiger partial charge on any atom is -0.353 e. The van der Waals surface area contributed by atoms with Gasteiger partial charge in [-0.05, 0) is 12.1 Å². The van der Waals surface area contributed by atoms with Gasteiger partial charge in [0, 0.05) is 16.5 Å². The van der Waals surface area contributed by atoms with Crippen LogP contribution in [0.3, 0.4) is 0 Å². The Labute approximate surface area is 116 Å². The van der Waals surface area contributed by atoms with Crippen LogP contribution in [0.1, 0.15) is 5.56 Å². The number of carbonyl (C=O) groups excluding carboxylic acids is 1. The summed E-state index contributed by atoms with van der Waals surface area (Å²) in [5.74, 6) is 4.60. The fourth-order valence-electron chi connectivity index (χ4n) is 1.44. The zero-order valence-corrected chi connectivity index (χ0v) is 12.0. The van der Waals surface area contributed by atoms with Crippen molar-refractivity contribution in [3.63, 3.8) is 0 Å². The Morgan fingerprint density at radius 1 is 1.44 bits per heavy atom. The minimum atomic E-state index is -1.60. The van der Waals surface area contributed by atoms with Crippen molar-refractivity contribution >= 4 is 37.6 Å². The zero-order chi connectivity index (χ0) is 13.6. The summed E-state index contributed by atoms with van der Waals surface area (Å²) in [6.45, 7) is 0.0762. The highest BCUT2D eigenvalue weighted by Crippen LogP contribution is 2.37. The first-order chi connectivity index (χ1) is 8.60. The van der Waals surface area contributed by atoms with E-state index in [9.17, 15) is 9.36 Å². The number of benzene rings is 1. The van der Waals surface area contributed by atoms with E-state index in [0.29, 0.717) is 10.6 Å². The average Bonchev–Trinajstić information content (AvgIpc) is 2.41. The normalized spacial score (nSPS) is 14.6. The lowest BCUT2D eigenvalue weighted by Gasteiger charge is -2.27. The third-order valence-electron chi connectivity index (χ3n) is 2.31. The molecule has 0 saturated heterocycles. The minimum absolute atomic E-state index is 0.0762. The number of rotatable bonds is 6. The predicted molar refractivity (Wildman–Crippen MR) is 72.5 cm³/mol. The van der Waals surface area contributed by atoms with Gasteiger partial charge in [-0.1, -0.05) is 23.7 Å². The summed E-state index contributed by atoms with van der Waals surface area (Å²) in [6, 6.07) is 6.29. The monoisotopic (exact) mass is 310 g/mol. The molecule has 1 rings (SSSR count). The van der Waals surface area contributed by atoms with Gasteiger partial charge in [0.15, 0.2) is 0 Å². The molecule has 5 nitrogen and oxygen atoms in total. The van der Waals surface area contributed by atoms with Gasteiger partial charge in [0.2, 0.25) is 5.34 Å². The van der Waals surface area contributed by atoms with Crippen molar-refractivity contribution < 1.29 is 14.1 Å². The molecule has 0 aliphatic carbocycles. The van der Waals surface area contributed by atoms with E-state index in [-0.39, 0.29) is 12.5 Å². The number of hydrogen-bond acceptors (Lipinski definition) is 4. The molecule has 0 bridgehead atoms. The fourth-order valence-corrected chi connectivity index (χ4v) is 2.35. The molecule has 0 saturated carbocycles. The summed E-state index contributed by atoms with van der Waals surface area (Å²) in [7, 11) is -1.60. The van der Waals surface area contributed by atoms with Crippen molar-refractivity contribution in [2.45, 2.75) is 5.34 Å². The van der Waals surface area contributed by atoms with Crippen molar-refractivity contribution in [3.05, 3.63) is 34.9 Å². The maximum atomic E-state index is 11.8.